The van der Waals surface area contributed by atoms with E-state index in [1.807, 2.05) is 31.2 Å². The number of carbonyl (C=O) groups is 2. The van der Waals surface area contributed by atoms with Crippen molar-refractivity contribution in [3.05, 3.63) is 53.6 Å². The highest BCUT2D eigenvalue weighted by atomic mass is 16.5. The number of carbonyl (C=O) groups excluding carboxylic acids is 2. The molecule has 0 aromatic heterocycles. The van der Waals surface area contributed by atoms with Gasteiger partial charge in [0.2, 0.25) is 11.8 Å². The number of phenols is 1. The summed E-state index contributed by atoms with van der Waals surface area (Å²) in [5, 5.41) is 13.6. The summed E-state index contributed by atoms with van der Waals surface area (Å²) in [7, 11) is 0. The van der Waals surface area contributed by atoms with E-state index in [4.69, 9.17) is 4.74 Å². The number of para-hydroxylation sites is 1. The maximum absolute atomic E-state index is 12.6. The van der Waals surface area contributed by atoms with Crippen molar-refractivity contribution in [2.24, 2.45) is 5.10 Å². The van der Waals surface area contributed by atoms with Gasteiger partial charge >= 0.3 is 0 Å². The Balaban J connectivity index is 1.50. The fourth-order valence-electron chi connectivity index (χ4n) is 3.26. The monoisotopic (exact) mass is 395 g/mol. The molecule has 1 aliphatic heterocycles. The van der Waals surface area contributed by atoms with Crippen molar-refractivity contribution in [2.45, 2.75) is 32.6 Å². The van der Waals surface area contributed by atoms with Gasteiger partial charge in [-0.1, -0.05) is 18.2 Å². The van der Waals surface area contributed by atoms with Crippen LogP contribution < -0.4 is 15.1 Å². The van der Waals surface area contributed by atoms with Crippen LogP contribution in [0.1, 0.15) is 37.3 Å². The number of amides is 2. The van der Waals surface area contributed by atoms with Crippen molar-refractivity contribution in [2.75, 3.05) is 18.1 Å². The zero-order valence-electron chi connectivity index (χ0n) is 16.4. The Morgan fingerprint density at radius 3 is 2.90 bits per heavy atom. The van der Waals surface area contributed by atoms with Gasteiger partial charge in [-0.05, 0) is 55.2 Å². The number of nitrogens with zero attached hydrogens (tertiary/aromatic N) is 2. The van der Waals surface area contributed by atoms with E-state index in [1.54, 1.807) is 17.0 Å². The van der Waals surface area contributed by atoms with Gasteiger partial charge in [0, 0.05) is 25.1 Å². The fourth-order valence-corrected chi connectivity index (χ4v) is 3.26. The molecule has 2 amide bonds. The quantitative estimate of drug-likeness (QED) is 0.557. The summed E-state index contributed by atoms with van der Waals surface area (Å²) in [5.74, 6) is 0.0147. The van der Waals surface area contributed by atoms with E-state index >= 15 is 0 Å². The summed E-state index contributed by atoms with van der Waals surface area (Å²) in [6, 6.07) is 12.7. The van der Waals surface area contributed by atoms with E-state index in [9.17, 15) is 14.7 Å². The predicted molar refractivity (Wildman–Crippen MR) is 111 cm³/mol. The molecule has 2 aromatic carbocycles. The van der Waals surface area contributed by atoms with Gasteiger partial charge in [0.1, 0.15) is 0 Å². The maximum Gasteiger partial charge on any atom is 0.240 e. The van der Waals surface area contributed by atoms with Gasteiger partial charge in [0.05, 0.1) is 12.8 Å². The zero-order chi connectivity index (χ0) is 20.6. The van der Waals surface area contributed by atoms with Gasteiger partial charge in [-0.15, -0.1) is 0 Å². The Morgan fingerprint density at radius 1 is 1.24 bits per heavy atom. The number of nitrogens with one attached hydrogen (secondary N) is 1. The van der Waals surface area contributed by atoms with E-state index in [2.05, 4.69) is 10.5 Å². The number of ether oxygens (including phenoxy) is 1. The molecule has 0 saturated heterocycles. The van der Waals surface area contributed by atoms with Crippen molar-refractivity contribution in [1.29, 1.82) is 0 Å². The molecule has 3 rings (SSSR count). The summed E-state index contributed by atoms with van der Waals surface area (Å²) in [6.45, 7) is 2.93. The minimum absolute atomic E-state index is 0.0471. The van der Waals surface area contributed by atoms with E-state index < -0.39 is 0 Å². The third-order valence-corrected chi connectivity index (χ3v) is 4.66. The zero-order valence-corrected chi connectivity index (χ0v) is 16.4. The molecule has 0 atom stereocenters. The molecule has 29 heavy (non-hydrogen) atoms. The summed E-state index contributed by atoms with van der Waals surface area (Å²) in [4.78, 5) is 26.4. The highest BCUT2D eigenvalue weighted by molar-refractivity contribution is 5.96. The number of aromatic hydroxyl groups is 1. The smallest absolute Gasteiger partial charge is 0.240 e. The number of hydrogen-bond donors (Lipinski definition) is 2. The molecule has 1 aliphatic rings. The van der Waals surface area contributed by atoms with Crippen LogP contribution in [-0.2, 0) is 16.0 Å². The number of fused-ring (bicyclic) bond motifs is 1. The highest BCUT2D eigenvalue weighted by Crippen LogP contribution is 2.27. The van der Waals surface area contributed by atoms with Gasteiger partial charge in [-0.2, -0.15) is 5.10 Å². The Morgan fingerprint density at radius 2 is 2.07 bits per heavy atom. The number of anilines is 1. The summed E-state index contributed by atoms with van der Waals surface area (Å²) >= 11 is 0. The number of hydrogen-bond acceptors (Lipinski definition) is 5. The maximum atomic E-state index is 12.6. The SMILES string of the molecule is CCOc1cc(C=NNC(=O)CCC(=O)N2CCCc3ccccc32)ccc1O. The minimum atomic E-state index is -0.330. The van der Waals surface area contributed by atoms with Gasteiger partial charge in [0.15, 0.2) is 11.5 Å². The molecule has 0 fully saturated rings. The van der Waals surface area contributed by atoms with Crippen LogP contribution in [0.15, 0.2) is 47.6 Å². The molecule has 7 heteroatoms. The van der Waals surface area contributed by atoms with Crippen molar-refractivity contribution < 1.29 is 19.4 Å². The number of benzene rings is 2. The number of aryl methyl sites for hydroxylation is 1. The van der Waals surface area contributed by atoms with Crippen LogP contribution in [0.25, 0.3) is 0 Å². The van der Waals surface area contributed by atoms with Crippen LogP contribution in [0.2, 0.25) is 0 Å². The second-order valence-corrected chi connectivity index (χ2v) is 6.73. The molecule has 0 bridgehead atoms. The Bertz CT molecular complexity index is 911. The van der Waals surface area contributed by atoms with Crippen LogP contribution >= 0.6 is 0 Å². The molecular formula is C22H25N3O4. The molecule has 2 N–H and O–H groups in total. The second kappa shape index (κ2) is 9.73. The van der Waals surface area contributed by atoms with E-state index in [-0.39, 0.29) is 30.4 Å². The number of phenolic OH excluding ortho intramolecular Hbond substituents is 1. The van der Waals surface area contributed by atoms with E-state index in [0.717, 1.165) is 18.5 Å². The molecule has 7 nitrogen and oxygen atoms in total. The molecule has 152 valence electrons. The number of hydrazone groups is 1. The third kappa shape index (κ3) is 5.34. The average molecular weight is 395 g/mol. The van der Waals surface area contributed by atoms with E-state index in [1.165, 1.54) is 17.8 Å². The van der Waals surface area contributed by atoms with Gasteiger partial charge in [-0.25, -0.2) is 5.43 Å². The molecule has 0 unspecified atom stereocenters. The van der Waals surface area contributed by atoms with Crippen LogP contribution in [0.4, 0.5) is 5.69 Å². The van der Waals surface area contributed by atoms with Gasteiger partial charge in [-0.3, -0.25) is 9.59 Å². The van der Waals surface area contributed by atoms with Crippen LogP contribution in [-0.4, -0.2) is 36.3 Å². The first-order chi connectivity index (χ1) is 14.1. The Kier molecular flexibility index (Phi) is 6.84. The first kappa shape index (κ1) is 20.4. The van der Waals surface area contributed by atoms with Gasteiger partial charge < -0.3 is 14.7 Å². The van der Waals surface area contributed by atoms with Crippen molar-refractivity contribution >= 4 is 23.7 Å². The molecule has 0 spiro atoms. The predicted octanol–water partition coefficient (Wildman–Crippen LogP) is 3.00. The van der Waals surface area contributed by atoms with Crippen LogP contribution in [0.3, 0.4) is 0 Å². The summed E-state index contributed by atoms with van der Waals surface area (Å²) < 4.78 is 5.31. The Hall–Kier alpha value is -3.35. The lowest BCUT2D eigenvalue weighted by atomic mass is 10.0. The largest absolute Gasteiger partial charge is 0.504 e. The number of rotatable bonds is 7. The standard InChI is InChI=1S/C22H25N3O4/c1-2-29-20-14-16(9-10-19(20)26)15-23-24-21(27)11-12-22(28)25-13-5-7-17-6-3-4-8-18(17)25/h3-4,6,8-10,14-15,26H,2,5,7,11-13H2,1H3,(H,24,27). The average Bonchev–Trinajstić information content (AvgIpc) is 2.74. The molecule has 0 saturated carbocycles. The first-order valence-electron chi connectivity index (χ1n) is 9.74. The minimum Gasteiger partial charge on any atom is -0.504 e. The summed E-state index contributed by atoms with van der Waals surface area (Å²) in [6.07, 6.45) is 3.55. The molecule has 0 aliphatic carbocycles. The van der Waals surface area contributed by atoms with Crippen LogP contribution in [0, 0.1) is 0 Å². The van der Waals surface area contributed by atoms with Crippen molar-refractivity contribution in [1.82, 2.24) is 5.43 Å². The van der Waals surface area contributed by atoms with Crippen molar-refractivity contribution in [3.8, 4) is 11.5 Å². The Labute approximate surface area is 170 Å². The van der Waals surface area contributed by atoms with Crippen LogP contribution in [0.5, 0.6) is 11.5 Å². The van der Waals surface area contributed by atoms with Crippen molar-refractivity contribution in [3.63, 3.8) is 0 Å². The lowest BCUT2D eigenvalue weighted by molar-refractivity contribution is -0.125. The fraction of sp³-hybridized carbons (Fsp3) is 0.318. The lowest BCUT2D eigenvalue weighted by Crippen LogP contribution is -2.36. The molecule has 2 aromatic rings. The molecule has 1 heterocycles. The first-order valence-corrected chi connectivity index (χ1v) is 9.74. The topological polar surface area (TPSA) is 91.2 Å². The van der Waals surface area contributed by atoms with E-state index in [0.29, 0.717) is 24.5 Å². The highest BCUT2D eigenvalue weighted by Gasteiger charge is 2.22. The normalized spacial score (nSPS) is 13.2. The van der Waals surface area contributed by atoms with Gasteiger partial charge in [0.25, 0.3) is 0 Å². The molecule has 0 radical (unpaired) electrons. The third-order valence-electron chi connectivity index (χ3n) is 4.66. The summed E-state index contributed by atoms with van der Waals surface area (Å²) in [5.41, 5.74) is 5.22. The lowest BCUT2D eigenvalue weighted by Gasteiger charge is -2.29. The second-order valence-electron chi connectivity index (χ2n) is 6.73. The molecular weight excluding hydrogens is 370 g/mol.